The molecule has 2 rings (SSSR count). The molecule has 1 unspecified atom stereocenters. The minimum Gasteiger partial charge on any atom is -0.417 e. The Kier molecular flexibility index (Phi) is 5.94. The first-order valence-corrected chi connectivity index (χ1v) is 8.22. The van der Waals surface area contributed by atoms with Crippen LogP contribution in [0.15, 0.2) is 48.5 Å². The van der Waals surface area contributed by atoms with E-state index < -0.39 is 17.6 Å². The maximum atomic E-state index is 12.5. The highest BCUT2D eigenvalue weighted by molar-refractivity contribution is 7.95. The third kappa shape index (κ3) is 4.77. The van der Waals surface area contributed by atoms with Crippen molar-refractivity contribution in [2.75, 3.05) is 0 Å². The van der Waals surface area contributed by atoms with E-state index in [0.29, 0.717) is 16.7 Å². The third-order valence-corrected chi connectivity index (χ3v) is 4.13. The summed E-state index contributed by atoms with van der Waals surface area (Å²) < 4.78 is 42.0. The van der Waals surface area contributed by atoms with E-state index in [0.717, 1.165) is 6.42 Å². The Bertz CT molecular complexity index is 699. The summed E-state index contributed by atoms with van der Waals surface area (Å²) in [5.41, 5.74) is -2.92. The summed E-state index contributed by atoms with van der Waals surface area (Å²) in [5.74, 6) is -0.0659. The van der Waals surface area contributed by atoms with Gasteiger partial charge in [-0.15, -0.1) is 0 Å². The molecule has 24 heavy (non-hydrogen) atoms. The molecule has 0 saturated carbocycles. The molecule has 0 amide bonds. The van der Waals surface area contributed by atoms with Gasteiger partial charge in [0.15, 0.2) is 17.8 Å². The second-order valence-electron chi connectivity index (χ2n) is 5.37. The van der Waals surface area contributed by atoms with Gasteiger partial charge in [-0.25, -0.2) is 0 Å². The van der Waals surface area contributed by atoms with Crippen LogP contribution in [0.25, 0.3) is 0 Å². The molecule has 0 heterocycles. The Hall–Kier alpha value is -1.95. The molecule has 0 bridgehead atoms. The fourth-order valence-corrected chi connectivity index (χ4v) is 2.55. The summed E-state index contributed by atoms with van der Waals surface area (Å²) in [7, 11) is 0. The lowest BCUT2D eigenvalue weighted by Gasteiger charge is -2.16. The van der Waals surface area contributed by atoms with E-state index >= 15 is 0 Å². The largest absolute Gasteiger partial charge is 0.479 e. The minimum absolute atomic E-state index is 0.0302. The van der Waals surface area contributed by atoms with Gasteiger partial charge in [-0.1, -0.05) is 44.2 Å². The van der Waals surface area contributed by atoms with E-state index in [-0.39, 0.29) is 17.5 Å². The number of hydrogen-bond acceptors (Lipinski definition) is 3. The summed E-state index contributed by atoms with van der Waals surface area (Å²) in [6, 6.07) is 13.3. The minimum atomic E-state index is -4.48. The maximum Gasteiger partial charge on any atom is 0.479 e. The van der Waals surface area contributed by atoms with Gasteiger partial charge < -0.3 is 4.18 Å². The second kappa shape index (κ2) is 7.75. The van der Waals surface area contributed by atoms with Crippen LogP contribution in [0.3, 0.4) is 0 Å². The standard InChI is InChI=1S/C18H17F3O2S/c1-3-12(2)15-11-14(17(22)13-7-5-4-6-8-13)9-10-16(15)23-24-18(19,20)21/h4-12H,3H2,1-2H3. The van der Waals surface area contributed by atoms with Gasteiger partial charge >= 0.3 is 5.51 Å². The first-order valence-electron chi connectivity index (χ1n) is 7.48. The molecule has 0 N–H and O–H groups in total. The average Bonchev–Trinajstić information content (AvgIpc) is 2.58. The van der Waals surface area contributed by atoms with Crippen LogP contribution < -0.4 is 4.18 Å². The van der Waals surface area contributed by atoms with Crippen molar-refractivity contribution in [3.8, 4) is 5.75 Å². The normalized spacial score (nSPS) is 12.7. The van der Waals surface area contributed by atoms with Crippen LogP contribution >= 0.6 is 12.0 Å². The summed E-state index contributed by atoms with van der Waals surface area (Å²) in [6.07, 6.45) is 0.718. The lowest BCUT2D eigenvalue weighted by molar-refractivity contribution is -0.0369. The third-order valence-electron chi connectivity index (χ3n) is 3.68. The van der Waals surface area contributed by atoms with Gasteiger partial charge in [0.2, 0.25) is 0 Å². The fraction of sp³-hybridized carbons (Fsp3) is 0.278. The van der Waals surface area contributed by atoms with Gasteiger partial charge in [0.1, 0.15) is 5.75 Å². The van der Waals surface area contributed by atoms with Crippen molar-refractivity contribution in [1.82, 2.24) is 0 Å². The number of ketones is 1. The molecule has 0 saturated heterocycles. The Morgan fingerprint density at radius 2 is 1.79 bits per heavy atom. The van der Waals surface area contributed by atoms with Crippen molar-refractivity contribution in [2.24, 2.45) is 0 Å². The molecule has 1 atom stereocenters. The first-order chi connectivity index (χ1) is 11.3. The molecule has 0 fully saturated rings. The molecule has 2 aromatic rings. The van der Waals surface area contributed by atoms with Crippen LogP contribution in [0.4, 0.5) is 13.2 Å². The van der Waals surface area contributed by atoms with Crippen molar-refractivity contribution in [3.05, 3.63) is 65.2 Å². The first kappa shape index (κ1) is 18.4. The summed E-state index contributed by atoms with van der Waals surface area (Å²) in [6.45, 7) is 3.81. The van der Waals surface area contributed by atoms with E-state index in [4.69, 9.17) is 4.18 Å². The number of carbonyl (C=O) groups excluding carboxylic acids is 1. The van der Waals surface area contributed by atoms with E-state index in [1.807, 2.05) is 19.9 Å². The van der Waals surface area contributed by atoms with E-state index in [9.17, 15) is 18.0 Å². The van der Waals surface area contributed by atoms with Crippen LogP contribution in [0, 0.1) is 0 Å². The van der Waals surface area contributed by atoms with Crippen molar-refractivity contribution >= 4 is 17.8 Å². The smallest absolute Gasteiger partial charge is 0.417 e. The molecular formula is C18H17F3O2S. The van der Waals surface area contributed by atoms with Gasteiger partial charge in [-0.05, 0) is 36.1 Å². The molecule has 0 aliphatic rings. The van der Waals surface area contributed by atoms with Gasteiger partial charge in [0.25, 0.3) is 0 Å². The Morgan fingerprint density at radius 1 is 1.12 bits per heavy atom. The van der Waals surface area contributed by atoms with Crippen LogP contribution in [0.5, 0.6) is 5.75 Å². The van der Waals surface area contributed by atoms with Crippen LogP contribution in [-0.2, 0) is 0 Å². The molecule has 0 aliphatic heterocycles. The van der Waals surface area contributed by atoms with Crippen LogP contribution in [-0.4, -0.2) is 11.3 Å². The van der Waals surface area contributed by atoms with Gasteiger partial charge in [0, 0.05) is 11.1 Å². The number of hydrogen-bond donors (Lipinski definition) is 0. The van der Waals surface area contributed by atoms with Crippen LogP contribution in [0.2, 0.25) is 0 Å². The van der Waals surface area contributed by atoms with Crippen molar-refractivity contribution in [3.63, 3.8) is 0 Å². The highest BCUT2D eigenvalue weighted by atomic mass is 32.2. The average molecular weight is 354 g/mol. The molecule has 128 valence electrons. The van der Waals surface area contributed by atoms with Crippen molar-refractivity contribution in [2.45, 2.75) is 31.7 Å². The number of benzene rings is 2. The number of halogens is 3. The molecule has 0 aliphatic carbocycles. The monoisotopic (exact) mass is 354 g/mol. The number of rotatable bonds is 6. The zero-order chi connectivity index (χ0) is 17.7. The summed E-state index contributed by atoms with van der Waals surface area (Å²) >= 11 is -0.546. The van der Waals surface area contributed by atoms with E-state index in [2.05, 4.69) is 0 Å². The topological polar surface area (TPSA) is 26.3 Å². The molecular weight excluding hydrogens is 337 g/mol. The fourth-order valence-electron chi connectivity index (χ4n) is 2.22. The summed E-state index contributed by atoms with van der Waals surface area (Å²) in [4.78, 5) is 12.5. The Labute approximate surface area is 143 Å². The SMILES string of the molecule is CCC(C)c1cc(C(=O)c2ccccc2)ccc1OSC(F)(F)F. The van der Waals surface area contributed by atoms with Crippen molar-refractivity contribution < 1.29 is 22.1 Å². The Morgan fingerprint density at radius 3 is 2.38 bits per heavy atom. The molecule has 0 spiro atoms. The highest BCUT2D eigenvalue weighted by Crippen LogP contribution is 2.37. The van der Waals surface area contributed by atoms with Gasteiger partial charge in [0.05, 0.1) is 0 Å². The second-order valence-corrected chi connectivity index (χ2v) is 6.17. The quantitative estimate of drug-likeness (QED) is 0.472. The zero-order valence-corrected chi connectivity index (χ0v) is 14.1. The molecule has 0 aromatic heterocycles. The predicted molar refractivity (Wildman–Crippen MR) is 89.3 cm³/mol. The molecule has 2 aromatic carbocycles. The number of carbonyl (C=O) groups is 1. The molecule has 6 heteroatoms. The lowest BCUT2D eigenvalue weighted by Crippen LogP contribution is -2.07. The lowest BCUT2D eigenvalue weighted by atomic mass is 9.93. The zero-order valence-electron chi connectivity index (χ0n) is 13.3. The number of alkyl halides is 3. The van der Waals surface area contributed by atoms with Gasteiger partial charge in [-0.2, -0.15) is 13.2 Å². The predicted octanol–water partition coefficient (Wildman–Crippen LogP) is 5.98. The van der Waals surface area contributed by atoms with Crippen LogP contribution in [0.1, 0.15) is 47.7 Å². The Balaban J connectivity index is 2.34. The highest BCUT2D eigenvalue weighted by Gasteiger charge is 2.32. The van der Waals surface area contributed by atoms with E-state index in [1.54, 1.807) is 30.3 Å². The van der Waals surface area contributed by atoms with Crippen molar-refractivity contribution in [1.29, 1.82) is 0 Å². The molecule has 2 nitrogen and oxygen atoms in total. The maximum absolute atomic E-state index is 12.5. The van der Waals surface area contributed by atoms with E-state index in [1.165, 1.54) is 12.1 Å². The molecule has 0 radical (unpaired) electrons. The summed E-state index contributed by atoms with van der Waals surface area (Å²) in [5, 5.41) is 0. The van der Waals surface area contributed by atoms with Gasteiger partial charge in [-0.3, -0.25) is 4.79 Å².